The Balaban J connectivity index is 1.20. The van der Waals surface area contributed by atoms with E-state index in [4.69, 9.17) is 4.42 Å². The smallest absolute Gasteiger partial charge is 0.140 e. The quantitative estimate of drug-likeness (QED) is 0.179. The van der Waals surface area contributed by atoms with Gasteiger partial charge < -0.3 is 9.32 Å². The molecule has 56 heavy (non-hydrogen) atoms. The minimum Gasteiger partial charge on any atom is -0.456 e. The molecule has 0 radical (unpaired) electrons. The number of hydrogen-bond donors (Lipinski definition) is 0. The van der Waals surface area contributed by atoms with Gasteiger partial charge in [0.25, 0.3) is 0 Å². The van der Waals surface area contributed by atoms with Crippen LogP contribution in [0.1, 0.15) is 48.6 Å². The standard InChI is InChI=1S/C53H37NOS/c1-52(2)42-21-9-4-15-34(42)37-28-27-32(30-45(37)52)54(47-24-14-20-40-39-19-8-13-26-49(39)56-51(40)47)33-29-41-38-18-7-12-25-48(38)55-50(41)46(31-33)53(3)43-22-10-5-16-35(43)36-17-6-11-23-44(36)53/h4-31H,1-3H3. The molecular formula is C53H37NOS. The molecule has 2 aromatic heterocycles. The van der Waals surface area contributed by atoms with Crippen molar-refractivity contribution in [2.24, 2.45) is 0 Å². The van der Waals surface area contributed by atoms with Crippen molar-refractivity contribution in [1.29, 1.82) is 0 Å². The summed E-state index contributed by atoms with van der Waals surface area (Å²) >= 11 is 1.88. The van der Waals surface area contributed by atoms with Gasteiger partial charge in [-0.25, -0.2) is 0 Å². The minimum atomic E-state index is -0.466. The van der Waals surface area contributed by atoms with Gasteiger partial charge in [0.1, 0.15) is 11.2 Å². The normalized spacial score (nSPS) is 14.6. The molecule has 12 rings (SSSR count). The van der Waals surface area contributed by atoms with E-state index in [0.29, 0.717) is 0 Å². The fourth-order valence-electron chi connectivity index (χ4n) is 10.2. The summed E-state index contributed by atoms with van der Waals surface area (Å²) in [6.07, 6.45) is 0. The second-order valence-corrected chi connectivity index (χ2v) is 17.2. The van der Waals surface area contributed by atoms with Crippen molar-refractivity contribution < 1.29 is 4.42 Å². The summed E-state index contributed by atoms with van der Waals surface area (Å²) in [5, 5.41) is 4.82. The predicted octanol–water partition coefficient (Wildman–Crippen LogP) is 15.1. The lowest BCUT2D eigenvalue weighted by atomic mass is 9.73. The lowest BCUT2D eigenvalue weighted by Gasteiger charge is -2.32. The van der Waals surface area contributed by atoms with E-state index >= 15 is 0 Å². The van der Waals surface area contributed by atoms with Gasteiger partial charge in [-0.1, -0.05) is 141 Å². The fraction of sp³-hybridized carbons (Fsp3) is 0.0943. The number of rotatable bonds is 4. The second-order valence-electron chi connectivity index (χ2n) is 16.2. The van der Waals surface area contributed by atoms with Crippen LogP contribution >= 0.6 is 11.3 Å². The maximum Gasteiger partial charge on any atom is 0.140 e. The third-order valence-electron chi connectivity index (χ3n) is 12.9. The summed E-state index contributed by atoms with van der Waals surface area (Å²) in [4.78, 5) is 2.53. The summed E-state index contributed by atoms with van der Waals surface area (Å²) in [5.41, 5.74) is 16.4. The van der Waals surface area contributed by atoms with Crippen molar-refractivity contribution in [3.05, 3.63) is 198 Å². The van der Waals surface area contributed by atoms with E-state index in [9.17, 15) is 0 Å². The van der Waals surface area contributed by atoms with Gasteiger partial charge in [0.15, 0.2) is 0 Å². The molecule has 2 nitrogen and oxygen atoms in total. The SMILES string of the molecule is CC1(C)c2ccccc2-c2ccc(N(c3cc(C4(C)c5ccccc5-c5ccccc54)c4oc5ccccc5c4c3)c3cccc4c3sc3ccccc34)cc21. The van der Waals surface area contributed by atoms with E-state index in [1.54, 1.807) is 0 Å². The molecule has 0 saturated heterocycles. The van der Waals surface area contributed by atoms with E-state index in [2.05, 4.69) is 196 Å². The molecule has 0 unspecified atom stereocenters. The first-order valence-corrected chi connectivity index (χ1v) is 20.3. The van der Waals surface area contributed by atoms with Gasteiger partial charge in [-0.2, -0.15) is 0 Å². The van der Waals surface area contributed by atoms with Crippen LogP contribution in [0.2, 0.25) is 0 Å². The van der Waals surface area contributed by atoms with Crippen LogP contribution in [-0.4, -0.2) is 0 Å². The van der Waals surface area contributed by atoms with Crippen LogP contribution in [0.15, 0.2) is 174 Å². The Morgan fingerprint density at radius 2 is 1.04 bits per heavy atom. The summed E-state index contributed by atoms with van der Waals surface area (Å²) < 4.78 is 9.53. The van der Waals surface area contributed by atoms with E-state index in [1.807, 2.05) is 11.3 Å². The van der Waals surface area contributed by atoms with Crippen LogP contribution in [0.3, 0.4) is 0 Å². The van der Waals surface area contributed by atoms with Gasteiger partial charge in [-0.15, -0.1) is 11.3 Å². The number of thiophene rings is 1. The van der Waals surface area contributed by atoms with Crippen LogP contribution < -0.4 is 4.90 Å². The van der Waals surface area contributed by atoms with Crippen molar-refractivity contribution in [3.8, 4) is 22.3 Å². The molecular weight excluding hydrogens is 699 g/mol. The molecule has 8 aromatic carbocycles. The number of anilines is 3. The number of furan rings is 1. The lowest BCUT2D eigenvalue weighted by molar-refractivity contribution is 0.638. The number of para-hydroxylation sites is 1. The third-order valence-corrected chi connectivity index (χ3v) is 14.1. The fourth-order valence-corrected chi connectivity index (χ4v) is 11.4. The van der Waals surface area contributed by atoms with Crippen molar-refractivity contribution in [2.75, 3.05) is 4.90 Å². The summed E-state index contributed by atoms with van der Waals surface area (Å²) in [6.45, 7) is 7.14. The molecule has 2 heterocycles. The van der Waals surface area contributed by atoms with Crippen molar-refractivity contribution in [3.63, 3.8) is 0 Å². The topological polar surface area (TPSA) is 16.4 Å². The van der Waals surface area contributed by atoms with E-state index in [1.165, 1.54) is 75.9 Å². The maximum atomic E-state index is 6.95. The molecule has 2 aliphatic rings. The van der Waals surface area contributed by atoms with E-state index in [0.717, 1.165) is 33.3 Å². The summed E-state index contributed by atoms with van der Waals surface area (Å²) in [7, 11) is 0. The summed E-state index contributed by atoms with van der Waals surface area (Å²) in [6, 6.07) is 62.9. The predicted molar refractivity (Wildman–Crippen MR) is 236 cm³/mol. The Hall–Kier alpha value is -6.42. The molecule has 0 bridgehead atoms. The van der Waals surface area contributed by atoms with Gasteiger partial charge in [-0.05, 0) is 93.9 Å². The largest absolute Gasteiger partial charge is 0.456 e. The first-order chi connectivity index (χ1) is 27.4. The van der Waals surface area contributed by atoms with Crippen LogP contribution in [0.5, 0.6) is 0 Å². The second kappa shape index (κ2) is 11.3. The van der Waals surface area contributed by atoms with Gasteiger partial charge in [0.05, 0.1) is 10.4 Å². The molecule has 3 heteroatoms. The molecule has 0 atom stereocenters. The molecule has 266 valence electrons. The molecule has 0 saturated carbocycles. The zero-order valence-corrected chi connectivity index (χ0v) is 32.2. The van der Waals surface area contributed by atoms with E-state index < -0.39 is 5.41 Å². The first kappa shape index (κ1) is 31.9. The lowest BCUT2D eigenvalue weighted by Crippen LogP contribution is -2.23. The number of nitrogens with zero attached hydrogens (tertiary/aromatic N) is 1. The maximum absolute atomic E-state index is 6.95. The highest BCUT2D eigenvalue weighted by molar-refractivity contribution is 7.26. The Labute approximate surface area is 329 Å². The summed E-state index contributed by atoms with van der Waals surface area (Å²) in [5.74, 6) is 0. The molecule has 0 amide bonds. The highest BCUT2D eigenvalue weighted by Crippen LogP contribution is 2.57. The zero-order chi connectivity index (χ0) is 37.3. The Kier molecular flexibility index (Phi) is 6.44. The zero-order valence-electron chi connectivity index (χ0n) is 31.4. The van der Waals surface area contributed by atoms with Gasteiger partial charge >= 0.3 is 0 Å². The van der Waals surface area contributed by atoms with Crippen molar-refractivity contribution in [2.45, 2.75) is 31.6 Å². The van der Waals surface area contributed by atoms with Crippen LogP contribution in [0.4, 0.5) is 17.1 Å². The third kappa shape index (κ3) is 4.16. The minimum absolute atomic E-state index is 0.141. The van der Waals surface area contributed by atoms with Crippen molar-refractivity contribution >= 4 is 70.5 Å². The van der Waals surface area contributed by atoms with Crippen molar-refractivity contribution in [1.82, 2.24) is 0 Å². The Bertz CT molecular complexity index is 3220. The first-order valence-electron chi connectivity index (χ1n) is 19.5. The van der Waals surface area contributed by atoms with Crippen LogP contribution in [-0.2, 0) is 10.8 Å². The number of hydrogen-bond acceptors (Lipinski definition) is 3. The Morgan fingerprint density at radius 1 is 0.446 bits per heavy atom. The molecule has 10 aromatic rings. The Morgan fingerprint density at radius 3 is 1.80 bits per heavy atom. The average molecular weight is 736 g/mol. The molecule has 0 aliphatic heterocycles. The number of benzene rings is 8. The molecule has 0 fully saturated rings. The monoisotopic (exact) mass is 735 g/mol. The van der Waals surface area contributed by atoms with E-state index in [-0.39, 0.29) is 5.41 Å². The highest BCUT2D eigenvalue weighted by Gasteiger charge is 2.43. The molecule has 0 spiro atoms. The van der Waals surface area contributed by atoms with Gasteiger partial charge in [-0.3, -0.25) is 0 Å². The molecule has 2 aliphatic carbocycles. The average Bonchev–Trinajstić information content (AvgIpc) is 3.95. The van der Waals surface area contributed by atoms with Crippen LogP contribution in [0.25, 0.3) is 64.4 Å². The van der Waals surface area contributed by atoms with Gasteiger partial charge in [0, 0.05) is 54.0 Å². The number of fused-ring (bicyclic) bond motifs is 12. The van der Waals surface area contributed by atoms with Gasteiger partial charge in [0.2, 0.25) is 0 Å². The van der Waals surface area contributed by atoms with Crippen LogP contribution in [0, 0.1) is 0 Å². The highest BCUT2D eigenvalue weighted by atomic mass is 32.1. The molecule has 0 N–H and O–H groups in total.